The number of ether oxygens (including phenoxy) is 2. The quantitative estimate of drug-likeness (QED) is 0.214. The fourth-order valence-electron chi connectivity index (χ4n) is 5.21. The average Bonchev–Trinajstić information content (AvgIpc) is 2.98. The molecule has 0 aromatic heterocycles. The summed E-state index contributed by atoms with van der Waals surface area (Å²) in [4.78, 5) is 15.8. The summed E-state index contributed by atoms with van der Waals surface area (Å²) in [6.45, 7) is 4.64. The molecule has 0 saturated carbocycles. The Labute approximate surface area is 249 Å². The molecule has 0 radical (unpaired) electrons. The Morgan fingerprint density at radius 1 is 0.907 bits per heavy atom. The highest BCUT2D eigenvalue weighted by molar-refractivity contribution is 6.09. The van der Waals surface area contributed by atoms with E-state index in [9.17, 15) is 18.0 Å². The molecule has 0 unspecified atom stereocenters. The number of halogens is 3. The molecule has 1 heterocycles. The van der Waals surface area contributed by atoms with E-state index in [1.54, 1.807) is 18.2 Å². The van der Waals surface area contributed by atoms with Crippen LogP contribution >= 0.6 is 0 Å². The topological polar surface area (TPSA) is 50.8 Å². The number of nitrogens with zero attached hydrogens (tertiary/aromatic N) is 1. The van der Waals surface area contributed by atoms with Crippen LogP contribution in [0, 0.1) is 6.92 Å². The molecule has 4 aromatic carbocycles. The molecule has 43 heavy (non-hydrogen) atoms. The van der Waals surface area contributed by atoms with Gasteiger partial charge in [-0.15, -0.1) is 13.2 Å². The molecule has 5 nitrogen and oxygen atoms in total. The van der Waals surface area contributed by atoms with Crippen LogP contribution in [0.1, 0.15) is 34.3 Å². The number of carbonyl (C=O) groups excluding carboxylic acids is 1. The van der Waals surface area contributed by atoms with Crippen molar-refractivity contribution in [3.63, 3.8) is 0 Å². The third-order valence-corrected chi connectivity index (χ3v) is 7.30. The number of rotatable bonds is 9. The van der Waals surface area contributed by atoms with Crippen LogP contribution in [0.3, 0.4) is 0 Å². The minimum atomic E-state index is -4.77. The molecule has 1 aliphatic heterocycles. The molecule has 1 amide bonds. The minimum Gasteiger partial charge on any atom is -0.490 e. The number of piperidine rings is 1. The predicted molar refractivity (Wildman–Crippen MR) is 163 cm³/mol. The molecule has 8 heteroatoms. The van der Waals surface area contributed by atoms with Crippen molar-refractivity contribution < 1.29 is 27.4 Å². The van der Waals surface area contributed by atoms with Gasteiger partial charge in [0.25, 0.3) is 5.91 Å². The van der Waals surface area contributed by atoms with E-state index in [4.69, 9.17) is 4.74 Å². The highest BCUT2D eigenvalue weighted by Crippen LogP contribution is 2.32. The number of hydrogen-bond donors (Lipinski definition) is 1. The van der Waals surface area contributed by atoms with Gasteiger partial charge in [0.2, 0.25) is 0 Å². The fourth-order valence-corrected chi connectivity index (χ4v) is 5.21. The Hall–Kier alpha value is -4.56. The van der Waals surface area contributed by atoms with Crippen molar-refractivity contribution in [3.8, 4) is 22.6 Å². The van der Waals surface area contributed by atoms with Crippen LogP contribution < -0.4 is 14.8 Å². The lowest BCUT2D eigenvalue weighted by atomic mass is 9.94. The van der Waals surface area contributed by atoms with Gasteiger partial charge in [-0.2, -0.15) is 0 Å². The number of amides is 1. The highest BCUT2D eigenvalue weighted by atomic mass is 19.4. The van der Waals surface area contributed by atoms with Gasteiger partial charge in [0, 0.05) is 37.0 Å². The van der Waals surface area contributed by atoms with E-state index in [0.29, 0.717) is 28.1 Å². The molecule has 1 fully saturated rings. The van der Waals surface area contributed by atoms with Crippen molar-refractivity contribution in [2.45, 2.75) is 32.2 Å². The summed E-state index contributed by atoms with van der Waals surface area (Å²) in [6.07, 6.45) is 1.48. The number of alkyl halides is 3. The molecule has 222 valence electrons. The predicted octanol–water partition coefficient (Wildman–Crippen LogP) is 8.37. The second-order valence-electron chi connectivity index (χ2n) is 10.5. The van der Waals surface area contributed by atoms with Gasteiger partial charge in [-0.05, 0) is 72.4 Å². The van der Waals surface area contributed by atoms with E-state index in [1.807, 2.05) is 49.4 Å². The SMILES string of the molecule is Cc1cccc(C(=O)Nc2cccc(OC3CCN(CC=Cc4ccccc4)CC3)c2)c1-c1ccc(OC(F)(F)F)cc1. The lowest BCUT2D eigenvalue weighted by Crippen LogP contribution is -2.38. The molecule has 0 spiro atoms. The Morgan fingerprint density at radius 2 is 1.63 bits per heavy atom. The third-order valence-electron chi connectivity index (χ3n) is 7.30. The maximum absolute atomic E-state index is 13.4. The van der Waals surface area contributed by atoms with Gasteiger partial charge in [0.05, 0.1) is 0 Å². The maximum Gasteiger partial charge on any atom is 0.573 e. The van der Waals surface area contributed by atoms with Crippen molar-refractivity contribution in [2.75, 3.05) is 25.0 Å². The van der Waals surface area contributed by atoms with Gasteiger partial charge >= 0.3 is 6.36 Å². The monoisotopic (exact) mass is 586 g/mol. The van der Waals surface area contributed by atoms with E-state index in [2.05, 4.69) is 39.2 Å². The molecular formula is C35H33F3N2O3. The molecule has 0 bridgehead atoms. The maximum atomic E-state index is 13.4. The van der Waals surface area contributed by atoms with Crippen molar-refractivity contribution in [3.05, 3.63) is 120 Å². The van der Waals surface area contributed by atoms with Crippen LogP contribution in [0.15, 0.2) is 103 Å². The summed E-state index contributed by atoms with van der Waals surface area (Å²) >= 11 is 0. The summed E-state index contributed by atoms with van der Waals surface area (Å²) in [6, 6.07) is 28.4. The zero-order chi connectivity index (χ0) is 30.2. The fraction of sp³-hybridized carbons (Fsp3) is 0.229. The van der Waals surface area contributed by atoms with Gasteiger partial charge in [-0.1, -0.05) is 72.8 Å². The van der Waals surface area contributed by atoms with Crippen molar-refractivity contribution in [2.24, 2.45) is 0 Å². The average molecular weight is 587 g/mol. The Morgan fingerprint density at radius 3 is 2.35 bits per heavy atom. The number of likely N-dealkylation sites (tertiary alicyclic amines) is 1. The third kappa shape index (κ3) is 8.49. The van der Waals surface area contributed by atoms with Crippen molar-refractivity contribution in [1.29, 1.82) is 0 Å². The van der Waals surface area contributed by atoms with Crippen LogP contribution in [0.25, 0.3) is 17.2 Å². The Bertz CT molecular complexity index is 1550. The van der Waals surface area contributed by atoms with E-state index in [0.717, 1.165) is 38.0 Å². The first-order valence-corrected chi connectivity index (χ1v) is 14.2. The first-order chi connectivity index (χ1) is 20.7. The van der Waals surface area contributed by atoms with Gasteiger partial charge in [-0.3, -0.25) is 9.69 Å². The van der Waals surface area contributed by atoms with E-state index in [-0.39, 0.29) is 17.8 Å². The standard InChI is InChI=1S/C35H33F3N2O3/c1-25-8-5-14-32(33(25)27-15-17-30(18-16-27)43-35(36,37)38)34(41)39-28-12-6-13-31(24-28)42-29-19-22-40(23-20-29)21-7-11-26-9-3-2-4-10-26/h2-18,24,29H,19-23H2,1H3,(H,39,41). The summed E-state index contributed by atoms with van der Waals surface area (Å²) < 4.78 is 48.0. The van der Waals surface area contributed by atoms with Crippen LogP contribution in [0.5, 0.6) is 11.5 Å². The number of benzene rings is 4. The largest absolute Gasteiger partial charge is 0.573 e. The molecule has 1 saturated heterocycles. The smallest absolute Gasteiger partial charge is 0.490 e. The number of anilines is 1. The first-order valence-electron chi connectivity index (χ1n) is 14.2. The van der Waals surface area contributed by atoms with Gasteiger partial charge in [0.15, 0.2) is 0 Å². The summed E-state index contributed by atoms with van der Waals surface area (Å²) in [7, 11) is 0. The Kier molecular flexibility index (Phi) is 9.47. The van der Waals surface area contributed by atoms with Crippen molar-refractivity contribution in [1.82, 2.24) is 4.90 Å². The van der Waals surface area contributed by atoms with Crippen LogP contribution in [0.4, 0.5) is 18.9 Å². The molecule has 5 rings (SSSR count). The number of carbonyl (C=O) groups is 1. The van der Waals surface area contributed by atoms with E-state index < -0.39 is 6.36 Å². The highest BCUT2D eigenvalue weighted by Gasteiger charge is 2.31. The molecular weight excluding hydrogens is 553 g/mol. The molecule has 1 aliphatic rings. The number of hydrogen-bond acceptors (Lipinski definition) is 4. The van der Waals surface area contributed by atoms with E-state index in [1.165, 1.54) is 29.8 Å². The lowest BCUT2D eigenvalue weighted by Gasteiger charge is -2.31. The molecule has 0 aliphatic carbocycles. The normalized spacial score (nSPS) is 14.5. The Balaban J connectivity index is 1.19. The zero-order valence-electron chi connectivity index (χ0n) is 23.8. The van der Waals surface area contributed by atoms with Crippen LogP contribution in [-0.4, -0.2) is 42.9 Å². The van der Waals surface area contributed by atoms with E-state index >= 15 is 0 Å². The van der Waals surface area contributed by atoms with Gasteiger partial charge in [-0.25, -0.2) is 0 Å². The number of aryl methyl sites for hydroxylation is 1. The van der Waals surface area contributed by atoms with Crippen molar-refractivity contribution >= 4 is 17.7 Å². The second-order valence-corrected chi connectivity index (χ2v) is 10.5. The molecule has 4 aromatic rings. The summed E-state index contributed by atoms with van der Waals surface area (Å²) in [5, 5.41) is 2.95. The molecule has 0 atom stereocenters. The second kappa shape index (κ2) is 13.6. The zero-order valence-corrected chi connectivity index (χ0v) is 23.8. The lowest BCUT2D eigenvalue weighted by molar-refractivity contribution is -0.274. The first kappa shape index (κ1) is 29.9. The van der Waals surface area contributed by atoms with Crippen LogP contribution in [-0.2, 0) is 0 Å². The summed E-state index contributed by atoms with van der Waals surface area (Å²) in [5.41, 5.74) is 4.25. The molecule has 1 N–H and O–H groups in total. The van der Waals surface area contributed by atoms with Gasteiger partial charge in [0.1, 0.15) is 17.6 Å². The van der Waals surface area contributed by atoms with Gasteiger partial charge < -0.3 is 14.8 Å². The minimum absolute atomic E-state index is 0.0907. The number of nitrogens with one attached hydrogen (secondary N) is 1. The van der Waals surface area contributed by atoms with Crippen LogP contribution in [0.2, 0.25) is 0 Å². The summed E-state index contributed by atoms with van der Waals surface area (Å²) in [5.74, 6) is 0.0338.